The van der Waals surface area contributed by atoms with E-state index in [2.05, 4.69) is 25.0 Å². The van der Waals surface area contributed by atoms with Crippen LogP contribution in [0.25, 0.3) is 0 Å². The highest BCUT2D eigenvalue weighted by atomic mass is 16.1. The number of benzene rings is 2. The Morgan fingerprint density at radius 2 is 1.50 bits per heavy atom. The van der Waals surface area contributed by atoms with Crippen molar-refractivity contribution in [3.8, 4) is 12.3 Å². The van der Waals surface area contributed by atoms with Crippen LogP contribution < -0.4 is 0 Å². The molecule has 1 heteroatoms. The van der Waals surface area contributed by atoms with E-state index in [1.807, 2.05) is 48.5 Å². The number of carbonyl (C=O) groups excluding carboxylic acids is 1. The van der Waals surface area contributed by atoms with Crippen LogP contribution in [0.1, 0.15) is 11.1 Å². The summed E-state index contributed by atoms with van der Waals surface area (Å²) in [7, 11) is 0. The molecule has 0 saturated heterocycles. The van der Waals surface area contributed by atoms with Crippen LogP contribution in [-0.2, 0) is 11.2 Å². The highest BCUT2D eigenvalue weighted by Crippen LogP contribution is 1.99. The van der Waals surface area contributed by atoms with Gasteiger partial charge in [0.15, 0.2) is 0 Å². The molecule has 0 aliphatic rings. The first-order valence-corrected chi connectivity index (χ1v) is 5.77. The number of Topliss-reactive ketones (excluding diaryl/α,β-unsaturated/α-hetero) is 1. The molecule has 0 unspecified atom stereocenters. The van der Waals surface area contributed by atoms with Crippen molar-refractivity contribution < 1.29 is 4.79 Å². The van der Waals surface area contributed by atoms with Gasteiger partial charge in [-0.15, -0.1) is 6.42 Å². The van der Waals surface area contributed by atoms with Crippen LogP contribution in [0.4, 0.5) is 0 Å². The molecule has 0 atom stereocenters. The van der Waals surface area contributed by atoms with Gasteiger partial charge < -0.3 is 0 Å². The number of hydrogen-bond acceptors (Lipinski definition) is 1. The number of aryl methyl sites for hydroxylation is 1. The molecule has 1 nitrogen and oxygen atoms in total. The molecule has 0 saturated carbocycles. The monoisotopic (exact) mass is 236 g/mol. The second-order valence-corrected chi connectivity index (χ2v) is 3.88. The number of terminal acetylenes is 1. The Morgan fingerprint density at radius 3 is 1.89 bits per heavy atom. The molecule has 0 N–H and O–H groups in total. The number of ketones is 1. The summed E-state index contributed by atoms with van der Waals surface area (Å²) in [5.41, 5.74) is 2.29. The maximum Gasteiger partial charge on any atom is 0.209 e. The lowest BCUT2D eigenvalue weighted by Gasteiger charge is -1.93. The van der Waals surface area contributed by atoms with Crippen molar-refractivity contribution in [1.29, 1.82) is 0 Å². The van der Waals surface area contributed by atoms with E-state index in [-0.39, 0.29) is 5.78 Å². The maximum atomic E-state index is 10.7. The SMILES string of the molecule is C#CC(=O)Cc1ccccc1.Cc1ccccc1. The van der Waals surface area contributed by atoms with Crippen LogP contribution in [0.2, 0.25) is 0 Å². The molecule has 0 aliphatic heterocycles. The van der Waals surface area contributed by atoms with Gasteiger partial charge in [0.2, 0.25) is 5.78 Å². The van der Waals surface area contributed by atoms with Gasteiger partial charge in [-0.2, -0.15) is 0 Å². The lowest BCUT2D eigenvalue weighted by Crippen LogP contribution is -1.97. The van der Waals surface area contributed by atoms with E-state index in [0.29, 0.717) is 6.42 Å². The van der Waals surface area contributed by atoms with Crippen molar-refractivity contribution in [3.63, 3.8) is 0 Å². The lowest BCUT2D eigenvalue weighted by atomic mass is 10.1. The predicted molar refractivity (Wildman–Crippen MR) is 75.2 cm³/mol. The molecule has 0 aromatic heterocycles. The molecular formula is C17H16O. The number of hydrogen-bond donors (Lipinski definition) is 0. The van der Waals surface area contributed by atoms with Gasteiger partial charge in [-0.1, -0.05) is 66.2 Å². The first-order chi connectivity index (χ1) is 8.72. The van der Waals surface area contributed by atoms with E-state index in [0.717, 1.165) is 5.56 Å². The Balaban J connectivity index is 0.000000199. The van der Waals surface area contributed by atoms with Crippen LogP contribution in [0, 0.1) is 19.3 Å². The summed E-state index contributed by atoms with van der Waals surface area (Å²) in [5.74, 6) is 1.90. The van der Waals surface area contributed by atoms with Gasteiger partial charge >= 0.3 is 0 Å². The Labute approximate surface area is 108 Å². The van der Waals surface area contributed by atoms with Crippen molar-refractivity contribution in [3.05, 3.63) is 71.8 Å². The minimum Gasteiger partial charge on any atom is -0.285 e. The summed E-state index contributed by atoms with van der Waals surface area (Å²) in [6.07, 6.45) is 5.26. The molecule has 0 fully saturated rings. The summed E-state index contributed by atoms with van der Waals surface area (Å²) < 4.78 is 0. The summed E-state index contributed by atoms with van der Waals surface area (Å²) >= 11 is 0. The van der Waals surface area contributed by atoms with Gasteiger partial charge in [0.1, 0.15) is 0 Å². The predicted octanol–water partition coefficient (Wildman–Crippen LogP) is 3.43. The topological polar surface area (TPSA) is 17.1 Å². The van der Waals surface area contributed by atoms with Crippen molar-refractivity contribution in [2.45, 2.75) is 13.3 Å². The van der Waals surface area contributed by atoms with Crippen LogP contribution in [0.5, 0.6) is 0 Å². The Hall–Kier alpha value is -2.33. The highest BCUT2D eigenvalue weighted by Gasteiger charge is 1.96. The largest absolute Gasteiger partial charge is 0.285 e. The van der Waals surface area contributed by atoms with Crippen LogP contribution in [0.15, 0.2) is 60.7 Å². The van der Waals surface area contributed by atoms with Gasteiger partial charge in [-0.25, -0.2) is 0 Å². The summed E-state index contributed by atoms with van der Waals surface area (Å²) in [5, 5.41) is 0. The zero-order valence-electron chi connectivity index (χ0n) is 10.5. The zero-order chi connectivity index (χ0) is 13.2. The van der Waals surface area contributed by atoms with E-state index >= 15 is 0 Å². The standard InChI is InChI=1S/C10H8O.C7H8/c1-2-10(11)8-9-6-4-3-5-7-9;1-7-5-3-2-4-6-7/h1,3-7H,8H2;2-6H,1H3. The molecule has 2 aromatic rings. The molecule has 2 aromatic carbocycles. The van der Waals surface area contributed by atoms with Gasteiger partial charge in [0, 0.05) is 6.42 Å². The average Bonchev–Trinajstić information content (AvgIpc) is 2.41. The highest BCUT2D eigenvalue weighted by molar-refractivity contribution is 5.96. The number of carbonyl (C=O) groups is 1. The second-order valence-electron chi connectivity index (χ2n) is 3.88. The van der Waals surface area contributed by atoms with E-state index in [9.17, 15) is 4.79 Å². The third kappa shape index (κ3) is 5.67. The number of rotatable bonds is 2. The maximum absolute atomic E-state index is 10.7. The summed E-state index contributed by atoms with van der Waals surface area (Å²) in [6, 6.07) is 19.7. The van der Waals surface area contributed by atoms with Crippen LogP contribution in [0.3, 0.4) is 0 Å². The average molecular weight is 236 g/mol. The first-order valence-electron chi connectivity index (χ1n) is 5.77. The van der Waals surface area contributed by atoms with Crippen molar-refractivity contribution in [2.24, 2.45) is 0 Å². The molecule has 0 bridgehead atoms. The smallest absolute Gasteiger partial charge is 0.209 e. The van der Waals surface area contributed by atoms with E-state index in [1.165, 1.54) is 5.56 Å². The van der Waals surface area contributed by atoms with Crippen LogP contribution >= 0.6 is 0 Å². The molecule has 0 radical (unpaired) electrons. The molecule has 0 aliphatic carbocycles. The van der Waals surface area contributed by atoms with Crippen molar-refractivity contribution >= 4 is 5.78 Å². The van der Waals surface area contributed by atoms with Crippen LogP contribution in [-0.4, -0.2) is 5.78 Å². The van der Waals surface area contributed by atoms with Gasteiger partial charge in [-0.3, -0.25) is 4.79 Å². The minimum atomic E-state index is -0.170. The van der Waals surface area contributed by atoms with Gasteiger partial charge in [0.25, 0.3) is 0 Å². The van der Waals surface area contributed by atoms with Gasteiger partial charge in [0.05, 0.1) is 0 Å². The summed E-state index contributed by atoms with van der Waals surface area (Å²) in [6.45, 7) is 2.08. The quantitative estimate of drug-likeness (QED) is 0.576. The van der Waals surface area contributed by atoms with E-state index in [4.69, 9.17) is 6.42 Å². The minimum absolute atomic E-state index is 0.170. The van der Waals surface area contributed by atoms with Gasteiger partial charge in [-0.05, 0) is 18.4 Å². The Bertz CT molecular complexity index is 506. The molecule has 18 heavy (non-hydrogen) atoms. The fourth-order valence-corrected chi connectivity index (χ4v) is 1.37. The molecule has 0 heterocycles. The zero-order valence-corrected chi connectivity index (χ0v) is 10.5. The Morgan fingerprint density at radius 1 is 1.00 bits per heavy atom. The first kappa shape index (κ1) is 13.7. The Kier molecular flexibility index (Phi) is 6.00. The molecule has 0 spiro atoms. The summed E-state index contributed by atoms with van der Waals surface area (Å²) in [4.78, 5) is 10.7. The molecule has 0 amide bonds. The lowest BCUT2D eigenvalue weighted by molar-refractivity contribution is -0.113. The van der Waals surface area contributed by atoms with Crippen molar-refractivity contribution in [1.82, 2.24) is 0 Å². The fourth-order valence-electron chi connectivity index (χ4n) is 1.37. The molecule has 90 valence electrons. The molecule has 2 rings (SSSR count). The fraction of sp³-hybridized carbons (Fsp3) is 0.118. The normalized spacial score (nSPS) is 8.67. The molecular weight excluding hydrogens is 220 g/mol. The third-order valence-electron chi connectivity index (χ3n) is 2.31. The second kappa shape index (κ2) is 7.86. The van der Waals surface area contributed by atoms with E-state index < -0.39 is 0 Å². The van der Waals surface area contributed by atoms with Crippen molar-refractivity contribution in [2.75, 3.05) is 0 Å². The van der Waals surface area contributed by atoms with E-state index in [1.54, 1.807) is 0 Å². The third-order valence-corrected chi connectivity index (χ3v) is 2.31.